The number of methoxy groups -OCH3 is 1. The summed E-state index contributed by atoms with van der Waals surface area (Å²) in [4.78, 5) is 4.69. The number of halogens is 2. The predicted molar refractivity (Wildman–Crippen MR) is 136 cm³/mol. The lowest BCUT2D eigenvalue weighted by atomic mass is 9.61. The van der Waals surface area contributed by atoms with Crippen molar-refractivity contribution in [1.82, 2.24) is 20.7 Å². The summed E-state index contributed by atoms with van der Waals surface area (Å²) in [5.74, 6) is 3.55. The maximum absolute atomic E-state index is 15.2. The lowest BCUT2D eigenvalue weighted by Crippen LogP contribution is -2.55. The van der Waals surface area contributed by atoms with Gasteiger partial charge in [-0.15, -0.1) is 0 Å². The van der Waals surface area contributed by atoms with Crippen LogP contribution in [-0.2, 0) is 0 Å². The average Bonchev–Trinajstić information content (AvgIpc) is 3.37. The number of rotatable bonds is 9. The summed E-state index contributed by atoms with van der Waals surface area (Å²) in [7, 11) is 1.73. The third-order valence-corrected chi connectivity index (χ3v) is 9.70. The molecule has 0 spiro atoms. The molecular weight excluding hydrogens is 462 g/mol. The van der Waals surface area contributed by atoms with E-state index in [9.17, 15) is 4.39 Å². The molecule has 5 aliphatic rings. The van der Waals surface area contributed by atoms with Gasteiger partial charge in [-0.25, -0.2) is 4.39 Å². The second-order valence-corrected chi connectivity index (χ2v) is 12.1. The molecule has 0 amide bonds. The van der Waals surface area contributed by atoms with Crippen LogP contribution in [0, 0.1) is 23.7 Å². The Bertz CT molecular complexity index is 925. The number of nitrogens with zero attached hydrogens (tertiary/aromatic N) is 2. The maximum atomic E-state index is 15.2. The fourth-order valence-electron chi connectivity index (χ4n) is 7.55. The zero-order valence-electron chi connectivity index (χ0n) is 21.7. The van der Waals surface area contributed by atoms with E-state index in [1.807, 2.05) is 6.07 Å². The molecule has 1 aromatic rings. The Hall–Kier alpha value is -1.48. The van der Waals surface area contributed by atoms with E-state index in [2.05, 4.69) is 39.7 Å². The number of hydrogen-bond donors (Lipinski definition) is 2. The van der Waals surface area contributed by atoms with Crippen LogP contribution in [0.2, 0.25) is 0 Å². The topological polar surface area (TPSA) is 49.0 Å². The van der Waals surface area contributed by atoms with Gasteiger partial charge >= 0.3 is 0 Å². The second kappa shape index (κ2) is 10.0. The molecule has 2 aliphatic carbocycles. The third-order valence-electron chi connectivity index (χ3n) is 9.70. The summed E-state index contributed by atoms with van der Waals surface area (Å²) in [6.07, 6.45) is 4.79. The minimum Gasteiger partial charge on any atom is -0.496 e. The van der Waals surface area contributed by atoms with Crippen LogP contribution in [0.4, 0.5) is 8.78 Å². The highest BCUT2D eigenvalue weighted by molar-refractivity contribution is 5.43. The van der Waals surface area contributed by atoms with Crippen LogP contribution in [0.25, 0.3) is 0 Å². The van der Waals surface area contributed by atoms with Crippen molar-refractivity contribution in [3.05, 3.63) is 23.8 Å². The quantitative estimate of drug-likeness (QED) is 0.535. The number of hydrazine groups is 1. The Morgan fingerprint density at radius 1 is 1.14 bits per heavy atom. The van der Waals surface area contributed by atoms with Gasteiger partial charge in [0, 0.05) is 68.4 Å². The minimum atomic E-state index is -1.03. The Labute approximate surface area is 214 Å². The number of piperidine rings is 1. The molecule has 36 heavy (non-hydrogen) atoms. The Morgan fingerprint density at radius 2 is 1.97 bits per heavy atom. The molecule has 6 rings (SSSR count). The standard InChI is InChI=1S/C28H42F2N4O2/c1-18-11-23-21(5-6-25-24(23)14-31-32-25)27(34(18)17-28(30)7-8-28)22-4-3-20(12-26(22)35-2)36-10-9-33-15-19(13-29)16-33/h3-4,12,18-19,21,23-25,27,31-32H,5-11,13-17H2,1-2H3/t18-,21?,23?,24?,25?,27+/m1/s1. The number of hydrogen-bond acceptors (Lipinski definition) is 6. The molecule has 6 nitrogen and oxygen atoms in total. The molecule has 3 saturated heterocycles. The molecule has 0 radical (unpaired) electrons. The van der Waals surface area contributed by atoms with Gasteiger partial charge < -0.3 is 9.47 Å². The maximum Gasteiger partial charge on any atom is 0.127 e. The molecule has 1 aromatic carbocycles. The Kier molecular flexibility index (Phi) is 6.90. The third kappa shape index (κ3) is 4.74. The van der Waals surface area contributed by atoms with Crippen LogP contribution in [0.15, 0.2) is 18.2 Å². The van der Waals surface area contributed by atoms with Crippen LogP contribution < -0.4 is 20.3 Å². The molecule has 2 N–H and O–H groups in total. The summed E-state index contributed by atoms with van der Waals surface area (Å²) in [6, 6.07) is 7.25. The van der Waals surface area contributed by atoms with E-state index in [1.165, 1.54) is 5.56 Å². The molecule has 3 aliphatic heterocycles. The van der Waals surface area contributed by atoms with Gasteiger partial charge in [0.05, 0.1) is 13.8 Å². The van der Waals surface area contributed by atoms with Gasteiger partial charge in [0.2, 0.25) is 0 Å². The van der Waals surface area contributed by atoms with Crippen LogP contribution in [0.1, 0.15) is 50.6 Å². The van der Waals surface area contributed by atoms with E-state index < -0.39 is 5.67 Å². The lowest BCUT2D eigenvalue weighted by molar-refractivity contribution is -0.0508. The SMILES string of the molecule is COc1cc(OCCN2CC(CF)C2)ccc1[C@@H]1C2CCC3NNCC3C2C[C@@H](C)N1CC1(F)CC1. The molecular formula is C28H42F2N4O2. The highest BCUT2D eigenvalue weighted by atomic mass is 19.1. The normalized spacial score (nSPS) is 36.1. The van der Waals surface area contributed by atoms with Gasteiger partial charge in [-0.2, -0.15) is 0 Å². The average molecular weight is 505 g/mol. The molecule has 4 unspecified atom stereocenters. The summed E-state index contributed by atoms with van der Waals surface area (Å²) in [5, 5.41) is 0. The highest BCUT2D eigenvalue weighted by Crippen LogP contribution is 2.54. The number of alkyl halides is 2. The lowest BCUT2D eigenvalue weighted by Gasteiger charge is -2.54. The van der Waals surface area contributed by atoms with Crippen LogP contribution in [-0.4, -0.2) is 80.7 Å². The summed E-state index contributed by atoms with van der Waals surface area (Å²) >= 11 is 0. The number of likely N-dealkylation sites (tertiary alicyclic amines) is 2. The van der Waals surface area contributed by atoms with Gasteiger partial charge in [0.15, 0.2) is 0 Å². The fraction of sp³-hybridized carbons (Fsp3) is 0.786. The molecule has 5 fully saturated rings. The first-order valence-corrected chi connectivity index (χ1v) is 14.0. The smallest absolute Gasteiger partial charge is 0.127 e. The molecule has 3 heterocycles. The van der Waals surface area contributed by atoms with Crippen LogP contribution >= 0.6 is 0 Å². The van der Waals surface area contributed by atoms with Crippen molar-refractivity contribution < 1.29 is 18.3 Å². The van der Waals surface area contributed by atoms with Crippen LogP contribution in [0.3, 0.4) is 0 Å². The second-order valence-electron chi connectivity index (χ2n) is 12.1. The van der Waals surface area contributed by atoms with Crippen molar-refractivity contribution in [2.24, 2.45) is 23.7 Å². The Balaban J connectivity index is 1.23. The van der Waals surface area contributed by atoms with E-state index in [1.54, 1.807) is 7.11 Å². The monoisotopic (exact) mass is 504 g/mol. The van der Waals surface area contributed by atoms with Crippen molar-refractivity contribution in [2.45, 2.75) is 62.8 Å². The summed E-state index contributed by atoms with van der Waals surface area (Å²) in [5.41, 5.74) is 7.06. The number of ether oxygens (including phenoxy) is 2. The fourth-order valence-corrected chi connectivity index (χ4v) is 7.55. The predicted octanol–water partition coefficient (Wildman–Crippen LogP) is 3.73. The van der Waals surface area contributed by atoms with E-state index in [4.69, 9.17) is 9.47 Å². The number of fused-ring (bicyclic) bond motifs is 3. The van der Waals surface area contributed by atoms with E-state index >= 15 is 4.39 Å². The molecule has 0 bridgehead atoms. The van der Waals surface area contributed by atoms with Crippen molar-refractivity contribution >= 4 is 0 Å². The van der Waals surface area contributed by atoms with Gasteiger partial charge in [0.1, 0.15) is 23.8 Å². The highest BCUT2D eigenvalue weighted by Gasteiger charge is 2.54. The van der Waals surface area contributed by atoms with Crippen molar-refractivity contribution in [2.75, 3.05) is 53.1 Å². The largest absolute Gasteiger partial charge is 0.496 e. The number of nitrogens with one attached hydrogen (secondary N) is 2. The minimum absolute atomic E-state index is 0.149. The zero-order valence-corrected chi connectivity index (χ0v) is 21.7. The van der Waals surface area contributed by atoms with Gasteiger partial charge in [-0.05, 0) is 62.8 Å². The summed E-state index contributed by atoms with van der Waals surface area (Å²) in [6.45, 7) is 6.63. The molecule has 6 atom stereocenters. The number of benzene rings is 1. The molecule has 0 aromatic heterocycles. The van der Waals surface area contributed by atoms with Crippen molar-refractivity contribution in [1.29, 1.82) is 0 Å². The molecule has 8 heteroatoms. The first-order valence-electron chi connectivity index (χ1n) is 14.0. The first-order chi connectivity index (χ1) is 17.5. The molecule has 200 valence electrons. The van der Waals surface area contributed by atoms with Crippen molar-refractivity contribution in [3.63, 3.8) is 0 Å². The zero-order chi connectivity index (χ0) is 24.9. The van der Waals surface area contributed by atoms with E-state index in [0.717, 1.165) is 56.9 Å². The van der Waals surface area contributed by atoms with Gasteiger partial charge in [-0.1, -0.05) is 6.07 Å². The van der Waals surface area contributed by atoms with Gasteiger partial charge in [-0.3, -0.25) is 25.0 Å². The van der Waals surface area contributed by atoms with E-state index in [-0.39, 0.29) is 18.6 Å². The van der Waals surface area contributed by atoms with Gasteiger partial charge in [0.25, 0.3) is 0 Å². The van der Waals surface area contributed by atoms with Crippen molar-refractivity contribution in [3.8, 4) is 11.5 Å². The van der Waals surface area contributed by atoms with E-state index in [0.29, 0.717) is 55.8 Å². The first kappa shape index (κ1) is 24.8. The summed E-state index contributed by atoms with van der Waals surface area (Å²) < 4.78 is 39.9. The molecule has 2 saturated carbocycles. The Morgan fingerprint density at radius 3 is 2.72 bits per heavy atom. The van der Waals surface area contributed by atoms with Crippen LogP contribution in [0.5, 0.6) is 11.5 Å².